The van der Waals surface area contributed by atoms with Crippen molar-refractivity contribution in [2.24, 2.45) is 5.73 Å². The molecule has 1 heterocycles. The molecule has 0 fully saturated rings. The zero-order valence-electron chi connectivity index (χ0n) is 12.1. The van der Waals surface area contributed by atoms with Gasteiger partial charge in [0, 0.05) is 31.9 Å². The molecular formula is C14H24N4O2. The van der Waals surface area contributed by atoms with Crippen molar-refractivity contribution < 1.29 is 9.47 Å². The third-order valence-electron chi connectivity index (χ3n) is 2.70. The van der Waals surface area contributed by atoms with Gasteiger partial charge in [-0.15, -0.1) is 16.9 Å². The first-order valence-electron chi connectivity index (χ1n) is 6.99. The van der Waals surface area contributed by atoms with E-state index in [4.69, 9.17) is 15.2 Å². The summed E-state index contributed by atoms with van der Waals surface area (Å²) in [6.07, 6.45) is 5.18. The van der Waals surface area contributed by atoms with Crippen LogP contribution in [0.2, 0.25) is 0 Å². The van der Waals surface area contributed by atoms with Crippen LogP contribution in [-0.2, 0) is 15.9 Å². The van der Waals surface area contributed by atoms with Gasteiger partial charge < -0.3 is 15.2 Å². The van der Waals surface area contributed by atoms with Gasteiger partial charge in [0.05, 0.1) is 18.9 Å². The van der Waals surface area contributed by atoms with Gasteiger partial charge in [-0.1, -0.05) is 5.21 Å². The molecule has 0 amide bonds. The first-order chi connectivity index (χ1) is 9.83. The predicted molar refractivity (Wildman–Crippen MR) is 77.0 cm³/mol. The number of aryl methyl sites for hydroxylation is 1. The summed E-state index contributed by atoms with van der Waals surface area (Å²) in [4.78, 5) is 0. The Kier molecular flexibility index (Phi) is 9.49. The van der Waals surface area contributed by atoms with Crippen LogP contribution in [-0.4, -0.2) is 47.9 Å². The third kappa shape index (κ3) is 8.64. The van der Waals surface area contributed by atoms with Crippen LogP contribution in [0.1, 0.15) is 31.9 Å². The number of H-pyrrole nitrogens is 1. The molecule has 0 aliphatic carbocycles. The van der Waals surface area contributed by atoms with Gasteiger partial charge in [0.15, 0.2) is 0 Å². The van der Waals surface area contributed by atoms with E-state index in [2.05, 4.69) is 27.3 Å². The number of nitrogens with one attached hydrogen (secondary N) is 1. The van der Waals surface area contributed by atoms with E-state index in [1.54, 1.807) is 6.20 Å². The molecule has 1 aromatic heterocycles. The van der Waals surface area contributed by atoms with Gasteiger partial charge in [-0.05, 0) is 26.2 Å². The molecule has 3 N–H and O–H groups in total. The van der Waals surface area contributed by atoms with Crippen LogP contribution in [0.5, 0.6) is 0 Å². The molecule has 0 bridgehead atoms. The van der Waals surface area contributed by atoms with Crippen molar-refractivity contribution in [1.82, 2.24) is 15.4 Å². The topological polar surface area (TPSA) is 86.0 Å². The third-order valence-corrected chi connectivity index (χ3v) is 2.70. The van der Waals surface area contributed by atoms with Crippen LogP contribution in [0.25, 0.3) is 0 Å². The average molecular weight is 280 g/mol. The van der Waals surface area contributed by atoms with Crippen LogP contribution in [0.4, 0.5) is 0 Å². The lowest BCUT2D eigenvalue weighted by Gasteiger charge is -2.12. The van der Waals surface area contributed by atoms with Gasteiger partial charge >= 0.3 is 0 Å². The summed E-state index contributed by atoms with van der Waals surface area (Å²) in [5, 5.41) is 10.2. The monoisotopic (exact) mass is 280 g/mol. The van der Waals surface area contributed by atoms with Gasteiger partial charge in [-0.2, -0.15) is 0 Å². The number of nitrogens with zero attached hydrogens (tertiary/aromatic N) is 2. The largest absolute Gasteiger partial charge is 0.380 e. The number of nitrogens with two attached hydrogens (primary N) is 1. The molecule has 112 valence electrons. The molecule has 1 rings (SSSR count). The zero-order valence-corrected chi connectivity index (χ0v) is 12.1. The Hall–Kier alpha value is -1.42. The molecule has 0 spiro atoms. The van der Waals surface area contributed by atoms with Crippen LogP contribution in [0.3, 0.4) is 0 Å². The summed E-state index contributed by atoms with van der Waals surface area (Å²) < 4.78 is 11.0. The minimum atomic E-state index is 0.0271. The molecule has 1 atom stereocenters. The first-order valence-corrected chi connectivity index (χ1v) is 6.99. The van der Waals surface area contributed by atoms with Crippen LogP contribution >= 0.6 is 0 Å². The maximum Gasteiger partial charge on any atom is 0.0825 e. The van der Waals surface area contributed by atoms with E-state index in [1.807, 2.05) is 6.92 Å². The fourth-order valence-electron chi connectivity index (χ4n) is 1.61. The normalized spacial score (nSPS) is 11.9. The minimum absolute atomic E-state index is 0.0271. The van der Waals surface area contributed by atoms with Crippen molar-refractivity contribution in [1.29, 1.82) is 0 Å². The van der Waals surface area contributed by atoms with Gasteiger partial charge in [-0.3, -0.25) is 5.10 Å². The average Bonchev–Trinajstić information content (AvgIpc) is 2.95. The molecule has 0 saturated heterocycles. The Morgan fingerprint density at radius 2 is 2.25 bits per heavy atom. The van der Waals surface area contributed by atoms with Gasteiger partial charge in [0.1, 0.15) is 0 Å². The van der Waals surface area contributed by atoms with E-state index in [0.717, 1.165) is 31.4 Å². The highest BCUT2D eigenvalue weighted by Crippen LogP contribution is 1.97. The second-order valence-corrected chi connectivity index (χ2v) is 4.48. The van der Waals surface area contributed by atoms with Gasteiger partial charge in [-0.25, -0.2) is 0 Å². The lowest BCUT2D eigenvalue weighted by molar-refractivity contribution is 0.0926. The number of ether oxygens (including phenoxy) is 2. The lowest BCUT2D eigenvalue weighted by atomic mass is 10.2. The highest BCUT2D eigenvalue weighted by Gasteiger charge is 2.03. The molecule has 6 nitrogen and oxygen atoms in total. The standard InChI is InChI=1S/C14H24N4O2/c1-2-3-4-8-19-10-7-13(15)12-20-9-5-6-14-11-16-18-17-14/h11,13H,4-10,12,15H2,1H3,(H,16,17,18). The van der Waals surface area contributed by atoms with E-state index < -0.39 is 0 Å². The number of hydrogen-bond donors (Lipinski definition) is 2. The molecule has 0 aliphatic heterocycles. The summed E-state index contributed by atoms with van der Waals surface area (Å²) in [6, 6.07) is 0.0271. The summed E-state index contributed by atoms with van der Waals surface area (Å²) in [5.74, 6) is 5.79. The van der Waals surface area contributed by atoms with E-state index in [-0.39, 0.29) is 6.04 Å². The summed E-state index contributed by atoms with van der Waals surface area (Å²) in [5.41, 5.74) is 6.89. The number of rotatable bonds is 11. The summed E-state index contributed by atoms with van der Waals surface area (Å²) >= 11 is 0. The van der Waals surface area contributed by atoms with E-state index in [0.29, 0.717) is 26.4 Å². The Labute approximate surface area is 120 Å². The Morgan fingerprint density at radius 3 is 3.00 bits per heavy atom. The van der Waals surface area contributed by atoms with Crippen molar-refractivity contribution in [3.05, 3.63) is 11.9 Å². The first kappa shape index (κ1) is 16.6. The summed E-state index contributed by atoms with van der Waals surface area (Å²) in [7, 11) is 0. The van der Waals surface area contributed by atoms with E-state index in [9.17, 15) is 0 Å². The van der Waals surface area contributed by atoms with Crippen molar-refractivity contribution in [3.63, 3.8) is 0 Å². The molecule has 20 heavy (non-hydrogen) atoms. The number of aromatic nitrogens is 3. The van der Waals surface area contributed by atoms with Crippen LogP contribution in [0, 0.1) is 11.8 Å². The van der Waals surface area contributed by atoms with Crippen LogP contribution < -0.4 is 5.73 Å². The molecule has 0 saturated carbocycles. The number of aromatic amines is 1. The Bertz CT molecular complexity index is 384. The molecule has 1 unspecified atom stereocenters. The molecule has 0 radical (unpaired) electrons. The summed E-state index contributed by atoms with van der Waals surface area (Å²) in [6.45, 7) is 4.42. The van der Waals surface area contributed by atoms with Crippen molar-refractivity contribution in [2.45, 2.75) is 38.6 Å². The van der Waals surface area contributed by atoms with Crippen LogP contribution in [0.15, 0.2) is 6.20 Å². The minimum Gasteiger partial charge on any atom is -0.380 e. The molecule has 0 aromatic carbocycles. The fourth-order valence-corrected chi connectivity index (χ4v) is 1.61. The van der Waals surface area contributed by atoms with Crippen molar-refractivity contribution in [3.8, 4) is 11.8 Å². The van der Waals surface area contributed by atoms with Crippen molar-refractivity contribution in [2.75, 3.05) is 26.4 Å². The maximum atomic E-state index is 5.93. The second-order valence-electron chi connectivity index (χ2n) is 4.48. The second kappa shape index (κ2) is 11.4. The Morgan fingerprint density at radius 1 is 1.35 bits per heavy atom. The maximum absolute atomic E-state index is 5.93. The van der Waals surface area contributed by atoms with E-state index in [1.165, 1.54) is 0 Å². The highest BCUT2D eigenvalue weighted by atomic mass is 16.5. The quantitative estimate of drug-likeness (QED) is 0.464. The highest BCUT2D eigenvalue weighted by molar-refractivity contribution is 4.94. The fraction of sp³-hybridized carbons (Fsp3) is 0.714. The molecule has 1 aromatic rings. The predicted octanol–water partition coefficient (Wildman–Crippen LogP) is 0.901. The van der Waals surface area contributed by atoms with E-state index >= 15 is 0 Å². The number of hydrogen-bond acceptors (Lipinski definition) is 5. The Balaban J connectivity index is 1.86. The van der Waals surface area contributed by atoms with Gasteiger partial charge in [0.2, 0.25) is 0 Å². The molecule has 6 heteroatoms. The SMILES string of the molecule is CC#CCCOCCC(N)COCCCc1c[nH]nn1. The molecular weight excluding hydrogens is 256 g/mol. The van der Waals surface area contributed by atoms with Crippen molar-refractivity contribution >= 4 is 0 Å². The molecule has 0 aliphatic rings. The zero-order chi connectivity index (χ0) is 14.5. The lowest BCUT2D eigenvalue weighted by Crippen LogP contribution is -2.28. The smallest absolute Gasteiger partial charge is 0.0825 e. The van der Waals surface area contributed by atoms with Gasteiger partial charge in [0.25, 0.3) is 0 Å².